The molecule has 0 aromatic heterocycles. The Morgan fingerprint density at radius 2 is 2.10 bits per heavy atom. The molecule has 0 saturated heterocycles. The summed E-state index contributed by atoms with van der Waals surface area (Å²) in [5, 5.41) is 13.0. The highest BCUT2D eigenvalue weighted by Crippen LogP contribution is 2.24. The standard InChI is InChI=1S/C15H13ClFNO3/c1-21-15(20)12-7-10(16)2-4-13(12)18-8-9-6-11(17)3-5-14(9)19/h2-7,18-19H,8H2,1H3. The molecule has 2 aromatic rings. The maximum Gasteiger partial charge on any atom is 0.340 e. The number of phenols is 1. The molecule has 0 amide bonds. The van der Waals surface area contributed by atoms with Crippen molar-refractivity contribution in [2.24, 2.45) is 0 Å². The van der Waals surface area contributed by atoms with Gasteiger partial charge in [-0.25, -0.2) is 9.18 Å². The van der Waals surface area contributed by atoms with Crippen LogP contribution in [-0.4, -0.2) is 18.2 Å². The molecule has 6 heteroatoms. The summed E-state index contributed by atoms with van der Waals surface area (Å²) in [4.78, 5) is 11.7. The largest absolute Gasteiger partial charge is 0.508 e. The number of hydrogen-bond acceptors (Lipinski definition) is 4. The zero-order chi connectivity index (χ0) is 15.4. The first-order valence-corrected chi connectivity index (χ1v) is 6.48. The molecule has 2 N–H and O–H groups in total. The Kier molecular flexibility index (Phi) is 4.65. The summed E-state index contributed by atoms with van der Waals surface area (Å²) >= 11 is 5.86. The van der Waals surface area contributed by atoms with Crippen LogP contribution in [0.4, 0.5) is 10.1 Å². The molecule has 0 heterocycles. The smallest absolute Gasteiger partial charge is 0.340 e. The number of phenolic OH excluding ortho intramolecular Hbond substituents is 1. The topological polar surface area (TPSA) is 58.6 Å². The van der Waals surface area contributed by atoms with Crippen molar-refractivity contribution in [1.29, 1.82) is 0 Å². The van der Waals surface area contributed by atoms with E-state index in [0.29, 0.717) is 16.3 Å². The molecule has 4 nitrogen and oxygen atoms in total. The van der Waals surface area contributed by atoms with Gasteiger partial charge in [-0.3, -0.25) is 0 Å². The summed E-state index contributed by atoms with van der Waals surface area (Å²) in [6.45, 7) is 0.148. The van der Waals surface area contributed by atoms with Gasteiger partial charge in [-0.2, -0.15) is 0 Å². The van der Waals surface area contributed by atoms with Crippen LogP contribution in [0.2, 0.25) is 5.02 Å². The Labute approximate surface area is 126 Å². The predicted octanol–water partition coefficient (Wildman–Crippen LogP) is 3.58. The van der Waals surface area contributed by atoms with Gasteiger partial charge in [-0.15, -0.1) is 0 Å². The third-order valence-corrected chi connectivity index (χ3v) is 3.13. The first-order chi connectivity index (χ1) is 10.0. The van der Waals surface area contributed by atoms with E-state index < -0.39 is 11.8 Å². The molecular weight excluding hydrogens is 297 g/mol. The van der Waals surface area contributed by atoms with Crippen molar-refractivity contribution in [3.8, 4) is 5.75 Å². The molecule has 0 aliphatic heterocycles. The van der Waals surface area contributed by atoms with Crippen molar-refractivity contribution >= 4 is 23.3 Å². The number of carbonyl (C=O) groups is 1. The number of anilines is 1. The highest BCUT2D eigenvalue weighted by Gasteiger charge is 2.13. The van der Waals surface area contributed by atoms with Crippen molar-refractivity contribution in [3.05, 3.63) is 58.4 Å². The zero-order valence-electron chi connectivity index (χ0n) is 11.2. The molecule has 0 aliphatic rings. The fourth-order valence-electron chi connectivity index (χ4n) is 1.84. The molecule has 2 aromatic carbocycles. The highest BCUT2D eigenvalue weighted by molar-refractivity contribution is 6.31. The summed E-state index contributed by atoms with van der Waals surface area (Å²) < 4.78 is 17.8. The normalized spacial score (nSPS) is 10.2. The van der Waals surface area contributed by atoms with Crippen LogP contribution in [0.25, 0.3) is 0 Å². The minimum Gasteiger partial charge on any atom is -0.508 e. The quantitative estimate of drug-likeness (QED) is 0.848. The van der Waals surface area contributed by atoms with E-state index in [1.54, 1.807) is 12.1 Å². The number of methoxy groups -OCH3 is 1. The van der Waals surface area contributed by atoms with E-state index >= 15 is 0 Å². The van der Waals surface area contributed by atoms with Crippen LogP contribution in [-0.2, 0) is 11.3 Å². The lowest BCUT2D eigenvalue weighted by molar-refractivity contribution is 0.0602. The second-order valence-electron chi connectivity index (χ2n) is 4.31. The number of rotatable bonds is 4. The van der Waals surface area contributed by atoms with Crippen LogP contribution in [0.5, 0.6) is 5.75 Å². The van der Waals surface area contributed by atoms with Gasteiger partial charge in [-0.1, -0.05) is 11.6 Å². The average Bonchev–Trinajstić information content (AvgIpc) is 2.48. The van der Waals surface area contributed by atoms with Crippen LogP contribution in [0, 0.1) is 5.82 Å². The molecule has 2 rings (SSSR count). The molecule has 0 radical (unpaired) electrons. The number of halogens is 2. The number of ether oxygens (including phenoxy) is 1. The monoisotopic (exact) mass is 309 g/mol. The lowest BCUT2D eigenvalue weighted by atomic mass is 10.1. The van der Waals surface area contributed by atoms with Gasteiger partial charge in [0.25, 0.3) is 0 Å². The zero-order valence-corrected chi connectivity index (χ0v) is 11.9. The number of nitrogens with one attached hydrogen (secondary N) is 1. The van der Waals surface area contributed by atoms with Crippen molar-refractivity contribution in [3.63, 3.8) is 0 Å². The summed E-state index contributed by atoms with van der Waals surface area (Å²) in [5.41, 5.74) is 1.12. The van der Waals surface area contributed by atoms with Gasteiger partial charge in [0.2, 0.25) is 0 Å². The lowest BCUT2D eigenvalue weighted by Crippen LogP contribution is -2.08. The van der Waals surface area contributed by atoms with E-state index in [2.05, 4.69) is 10.1 Å². The van der Waals surface area contributed by atoms with Crippen LogP contribution in [0.3, 0.4) is 0 Å². The third-order valence-electron chi connectivity index (χ3n) is 2.90. The van der Waals surface area contributed by atoms with Crippen LogP contribution >= 0.6 is 11.6 Å². The van der Waals surface area contributed by atoms with E-state index in [9.17, 15) is 14.3 Å². The summed E-state index contributed by atoms with van der Waals surface area (Å²) in [5.74, 6) is -1.02. The highest BCUT2D eigenvalue weighted by atomic mass is 35.5. The number of aromatic hydroxyl groups is 1. The summed E-state index contributed by atoms with van der Waals surface area (Å²) in [7, 11) is 1.27. The van der Waals surface area contributed by atoms with E-state index in [-0.39, 0.29) is 17.9 Å². The van der Waals surface area contributed by atoms with Crippen molar-refractivity contribution in [2.75, 3.05) is 12.4 Å². The molecular formula is C15H13ClFNO3. The van der Waals surface area contributed by atoms with E-state index in [1.165, 1.54) is 31.4 Å². The molecule has 0 unspecified atom stereocenters. The summed E-state index contributed by atoms with van der Waals surface area (Å²) in [6.07, 6.45) is 0. The molecule has 21 heavy (non-hydrogen) atoms. The lowest BCUT2D eigenvalue weighted by Gasteiger charge is -2.12. The van der Waals surface area contributed by atoms with E-state index in [0.717, 1.165) is 0 Å². The Hall–Kier alpha value is -2.27. The summed E-state index contributed by atoms with van der Waals surface area (Å²) in [6, 6.07) is 8.36. The van der Waals surface area contributed by atoms with Gasteiger partial charge in [0.05, 0.1) is 12.7 Å². The molecule has 110 valence electrons. The van der Waals surface area contributed by atoms with Gasteiger partial charge < -0.3 is 15.2 Å². The SMILES string of the molecule is COC(=O)c1cc(Cl)ccc1NCc1cc(F)ccc1O. The number of esters is 1. The molecule has 0 spiro atoms. The maximum absolute atomic E-state index is 13.2. The van der Waals surface area contributed by atoms with E-state index in [1.807, 2.05) is 0 Å². The minimum atomic E-state index is -0.538. The molecule has 0 aliphatic carbocycles. The number of carbonyl (C=O) groups excluding carboxylic acids is 1. The third kappa shape index (κ3) is 3.64. The predicted molar refractivity (Wildman–Crippen MR) is 78.2 cm³/mol. The van der Waals surface area contributed by atoms with Crippen LogP contribution in [0.15, 0.2) is 36.4 Å². The van der Waals surface area contributed by atoms with Crippen LogP contribution < -0.4 is 5.32 Å². The Morgan fingerprint density at radius 3 is 2.81 bits per heavy atom. The Balaban J connectivity index is 2.24. The van der Waals surface area contributed by atoms with Crippen molar-refractivity contribution < 1.29 is 19.0 Å². The van der Waals surface area contributed by atoms with Crippen molar-refractivity contribution in [2.45, 2.75) is 6.54 Å². The fraction of sp³-hybridized carbons (Fsp3) is 0.133. The molecule has 0 bridgehead atoms. The Bertz CT molecular complexity index is 676. The second kappa shape index (κ2) is 6.45. The fourth-order valence-corrected chi connectivity index (χ4v) is 2.01. The maximum atomic E-state index is 13.2. The van der Waals surface area contributed by atoms with Gasteiger partial charge in [0.1, 0.15) is 11.6 Å². The number of benzene rings is 2. The van der Waals surface area contributed by atoms with Gasteiger partial charge >= 0.3 is 5.97 Å². The molecule has 0 fully saturated rings. The number of hydrogen-bond donors (Lipinski definition) is 2. The minimum absolute atomic E-state index is 0.0301. The first-order valence-electron chi connectivity index (χ1n) is 6.10. The average molecular weight is 310 g/mol. The van der Waals surface area contributed by atoms with Gasteiger partial charge in [0, 0.05) is 22.8 Å². The van der Waals surface area contributed by atoms with Crippen LogP contribution in [0.1, 0.15) is 15.9 Å². The second-order valence-corrected chi connectivity index (χ2v) is 4.74. The van der Waals surface area contributed by atoms with Gasteiger partial charge in [-0.05, 0) is 36.4 Å². The van der Waals surface area contributed by atoms with Gasteiger partial charge in [0.15, 0.2) is 0 Å². The molecule has 0 atom stereocenters. The van der Waals surface area contributed by atoms with E-state index in [4.69, 9.17) is 11.6 Å². The Morgan fingerprint density at radius 1 is 1.33 bits per heavy atom. The molecule has 0 saturated carbocycles. The van der Waals surface area contributed by atoms with Crippen molar-refractivity contribution in [1.82, 2.24) is 0 Å². The first kappa shape index (κ1) is 15.1.